The van der Waals surface area contributed by atoms with Crippen LogP contribution >= 0.6 is 0 Å². The van der Waals surface area contributed by atoms with E-state index in [1.165, 1.54) is 30.4 Å². The first-order valence-electron chi connectivity index (χ1n) is 6.92. The second kappa shape index (κ2) is 7.50. The third-order valence-corrected chi connectivity index (χ3v) is 3.78. The highest BCUT2D eigenvalue weighted by molar-refractivity contribution is 5.22. The molecular weight excluding hydrogens is 206 g/mol. The van der Waals surface area contributed by atoms with Crippen LogP contribution in [0.25, 0.3) is 0 Å². The zero-order valence-corrected chi connectivity index (χ0v) is 11.8. The Labute approximate surface area is 107 Å². The average Bonchev–Trinajstić information content (AvgIpc) is 2.37. The van der Waals surface area contributed by atoms with Gasteiger partial charge in [0.1, 0.15) is 0 Å². The van der Waals surface area contributed by atoms with Crippen LogP contribution in [0.15, 0.2) is 24.3 Å². The average molecular weight is 233 g/mol. The Morgan fingerprint density at radius 3 is 2.12 bits per heavy atom. The number of nitrogens with one attached hydrogen (secondary N) is 1. The van der Waals surface area contributed by atoms with Crippen LogP contribution in [-0.2, 0) is 6.42 Å². The van der Waals surface area contributed by atoms with Crippen molar-refractivity contribution >= 4 is 0 Å². The lowest BCUT2D eigenvalue weighted by molar-refractivity contribution is 0.377. The molecule has 0 bridgehead atoms. The highest BCUT2D eigenvalue weighted by atomic mass is 14.9. The van der Waals surface area contributed by atoms with E-state index < -0.39 is 0 Å². The summed E-state index contributed by atoms with van der Waals surface area (Å²) in [6.45, 7) is 6.74. The number of likely N-dealkylation sites (N-methyl/N-ethyl adjacent to an activating group) is 1. The van der Waals surface area contributed by atoms with Crippen LogP contribution < -0.4 is 5.32 Å². The summed E-state index contributed by atoms with van der Waals surface area (Å²) < 4.78 is 0. The minimum atomic E-state index is 0.614. The lowest BCUT2D eigenvalue weighted by Gasteiger charge is -2.21. The van der Waals surface area contributed by atoms with Gasteiger partial charge in [-0.25, -0.2) is 0 Å². The zero-order valence-electron chi connectivity index (χ0n) is 11.8. The lowest BCUT2D eigenvalue weighted by atomic mass is 9.91. The summed E-state index contributed by atoms with van der Waals surface area (Å²) in [6.07, 6.45) is 5.02. The van der Waals surface area contributed by atoms with Crippen LogP contribution in [-0.4, -0.2) is 13.1 Å². The van der Waals surface area contributed by atoms with E-state index in [9.17, 15) is 0 Å². The SMILES string of the molecule is CCC(CC)CC(Cc1ccc(C)cc1)NC. The summed E-state index contributed by atoms with van der Waals surface area (Å²) in [7, 11) is 2.08. The second-order valence-corrected chi connectivity index (χ2v) is 5.09. The molecule has 0 heterocycles. The van der Waals surface area contributed by atoms with Crippen LogP contribution in [0.3, 0.4) is 0 Å². The summed E-state index contributed by atoms with van der Waals surface area (Å²) in [6, 6.07) is 9.54. The van der Waals surface area contributed by atoms with Gasteiger partial charge in [-0.1, -0.05) is 56.5 Å². The Hall–Kier alpha value is -0.820. The quantitative estimate of drug-likeness (QED) is 0.752. The van der Waals surface area contributed by atoms with Crippen molar-refractivity contribution in [3.05, 3.63) is 35.4 Å². The minimum Gasteiger partial charge on any atom is -0.317 e. The van der Waals surface area contributed by atoms with Gasteiger partial charge in [0.25, 0.3) is 0 Å². The number of benzene rings is 1. The molecule has 1 atom stereocenters. The summed E-state index contributed by atoms with van der Waals surface area (Å²) in [5.41, 5.74) is 2.79. The Balaban J connectivity index is 2.54. The molecule has 1 unspecified atom stereocenters. The van der Waals surface area contributed by atoms with Crippen molar-refractivity contribution in [2.24, 2.45) is 5.92 Å². The molecule has 0 amide bonds. The summed E-state index contributed by atoms with van der Waals surface area (Å²) >= 11 is 0. The summed E-state index contributed by atoms with van der Waals surface area (Å²) in [5, 5.41) is 3.46. The Bertz CT molecular complexity index is 298. The van der Waals surface area contributed by atoms with Gasteiger partial charge in [-0.2, -0.15) is 0 Å². The first kappa shape index (κ1) is 14.2. The fourth-order valence-electron chi connectivity index (χ4n) is 2.34. The van der Waals surface area contributed by atoms with Crippen molar-refractivity contribution < 1.29 is 0 Å². The molecule has 0 aliphatic heterocycles. The fraction of sp³-hybridized carbons (Fsp3) is 0.625. The third-order valence-electron chi connectivity index (χ3n) is 3.78. The highest BCUT2D eigenvalue weighted by Crippen LogP contribution is 2.17. The standard InChI is InChI=1S/C16H27N/c1-5-14(6-2)11-16(17-4)12-15-9-7-13(3)8-10-15/h7-10,14,16-17H,5-6,11-12H2,1-4H3. The molecule has 0 fully saturated rings. The molecule has 1 nitrogen and oxygen atoms in total. The smallest absolute Gasteiger partial charge is 0.0107 e. The number of hydrogen-bond donors (Lipinski definition) is 1. The van der Waals surface area contributed by atoms with E-state index >= 15 is 0 Å². The Kier molecular flexibility index (Phi) is 6.28. The van der Waals surface area contributed by atoms with Gasteiger partial charge in [-0.3, -0.25) is 0 Å². The minimum absolute atomic E-state index is 0.614. The molecule has 1 rings (SSSR count). The van der Waals surface area contributed by atoms with Crippen molar-refractivity contribution in [1.82, 2.24) is 5.32 Å². The monoisotopic (exact) mass is 233 g/mol. The summed E-state index contributed by atoms with van der Waals surface area (Å²) in [4.78, 5) is 0. The predicted molar refractivity (Wildman–Crippen MR) is 76.4 cm³/mol. The normalized spacial score (nSPS) is 13.0. The number of rotatable bonds is 7. The first-order valence-corrected chi connectivity index (χ1v) is 6.92. The van der Waals surface area contributed by atoms with E-state index in [1.807, 2.05) is 0 Å². The van der Waals surface area contributed by atoms with Gasteiger partial charge in [-0.15, -0.1) is 0 Å². The maximum Gasteiger partial charge on any atom is 0.0107 e. The van der Waals surface area contributed by atoms with Gasteiger partial charge < -0.3 is 5.32 Å². The topological polar surface area (TPSA) is 12.0 Å². The fourth-order valence-corrected chi connectivity index (χ4v) is 2.34. The molecule has 1 N–H and O–H groups in total. The highest BCUT2D eigenvalue weighted by Gasteiger charge is 2.12. The summed E-state index contributed by atoms with van der Waals surface area (Å²) in [5.74, 6) is 0.859. The van der Waals surface area contributed by atoms with Gasteiger partial charge >= 0.3 is 0 Å². The van der Waals surface area contributed by atoms with E-state index in [2.05, 4.69) is 57.4 Å². The van der Waals surface area contributed by atoms with E-state index in [4.69, 9.17) is 0 Å². The Morgan fingerprint density at radius 1 is 1.06 bits per heavy atom. The molecule has 1 heteroatoms. The number of hydrogen-bond acceptors (Lipinski definition) is 1. The van der Waals surface area contributed by atoms with E-state index in [0.717, 1.165) is 12.3 Å². The molecule has 0 saturated heterocycles. The van der Waals surface area contributed by atoms with Crippen molar-refractivity contribution in [1.29, 1.82) is 0 Å². The van der Waals surface area contributed by atoms with Crippen molar-refractivity contribution in [2.75, 3.05) is 7.05 Å². The molecule has 0 aromatic heterocycles. The van der Waals surface area contributed by atoms with Gasteiger partial charge in [0.15, 0.2) is 0 Å². The van der Waals surface area contributed by atoms with Crippen LogP contribution in [0.5, 0.6) is 0 Å². The molecular formula is C16H27N. The van der Waals surface area contributed by atoms with E-state index in [1.54, 1.807) is 0 Å². The van der Waals surface area contributed by atoms with Crippen molar-refractivity contribution in [3.8, 4) is 0 Å². The lowest BCUT2D eigenvalue weighted by Crippen LogP contribution is -2.30. The third kappa shape index (κ3) is 4.91. The molecule has 0 saturated carbocycles. The zero-order chi connectivity index (χ0) is 12.7. The molecule has 17 heavy (non-hydrogen) atoms. The predicted octanol–water partition coefficient (Wildman–Crippen LogP) is 3.95. The maximum absolute atomic E-state index is 3.46. The van der Waals surface area contributed by atoms with Gasteiger partial charge in [-0.05, 0) is 38.3 Å². The van der Waals surface area contributed by atoms with Gasteiger partial charge in [0, 0.05) is 6.04 Å². The van der Waals surface area contributed by atoms with Crippen LogP contribution in [0.1, 0.15) is 44.2 Å². The second-order valence-electron chi connectivity index (χ2n) is 5.09. The van der Waals surface area contributed by atoms with E-state index in [0.29, 0.717) is 6.04 Å². The van der Waals surface area contributed by atoms with E-state index in [-0.39, 0.29) is 0 Å². The Morgan fingerprint density at radius 2 is 1.65 bits per heavy atom. The first-order chi connectivity index (χ1) is 8.19. The molecule has 1 aromatic rings. The van der Waals surface area contributed by atoms with Gasteiger partial charge in [0.05, 0.1) is 0 Å². The largest absolute Gasteiger partial charge is 0.317 e. The van der Waals surface area contributed by atoms with Crippen LogP contribution in [0.4, 0.5) is 0 Å². The van der Waals surface area contributed by atoms with Crippen molar-refractivity contribution in [3.63, 3.8) is 0 Å². The molecule has 96 valence electrons. The number of aryl methyl sites for hydroxylation is 1. The molecule has 1 aromatic carbocycles. The molecule has 0 aliphatic carbocycles. The van der Waals surface area contributed by atoms with Gasteiger partial charge in [0.2, 0.25) is 0 Å². The molecule has 0 aliphatic rings. The molecule has 0 radical (unpaired) electrons. The van der Waals surface area contributed by atoms with Crippen molar-refractivity contribution in [2.45, 2.75) is 52.5 Å². The van der Waals surface area contributed by atoms with Crippen LogP contribution in [0.2, 0.25) is 0 Å². The molecule has 0 spiro atoms. The van der Waals surface area contributed by atoms with Crippen LogP contribution in [0, 0.1) is 12.8 Å². The maximum atomic E-state index is 3.46.